The summed E-state index contributed by atoms with van der Waals surface area (Å²) in [4.78, 5) is 25.5. The summed E-state index contributed by atoms with van der Waals surface area (Å²) in [5.41, 5.74) is 2.68. The summed E-state index contributed by atoms with van der Waals surface area (Å²) in [6, 6.07) is 17.1. The number of rotatable bonds is 31. The lowest BCUT2D eigenvalue weighted by Crippen LogP contribution is -2.49. The normalized spacial score (nSPS) is 12.2. The Hall–Kier alpha value is -2.82. The molecule has 1 atom stereocenters. The summed E-state index contributed by atoms with van der Waals surface area (Å²) in [6.07, 6.45) is 31.4. The van der Waals surface area contributed by atoms with Gasteiger partial charge >= 0.3 is 0 Å². The van der Waals surface area contributed by atoms with Crippen LogP contribution in [0.3, 0.4) is 0 Å². The first-order chi connectivity index (χ1) is 25.0. The molecule has 0 aliphatic carbocycles. The van der Waals surface area contributed by atoms with E-state index in [-0.39, 0.29) is 17.7 Å². The minimum Gasteiger partial charge on any atom is -0.354 e. The van der Waals surface area contributed by atoms with Gasteiger partial charge in [-0.3, -0.25) is 9.59 Å². The van der Waals surface area contributed by atoms with Crippen molar-refractivity contribution in [2.24, 2.45) is 5.92 Å². The van der Waals surface area contributed by atoms with Crippen LogP contribution in [0.4, 0.5) is 0 Å². The second-order valence-corrected chi connectivity index (χ2v) is 15.6. The molecule has 1 heterocycles. The van der Waals surface area contributed by atoms with Crippen LogP contribution in [0.5, 0.6) is 0 Å². The van der Waals surface area contributed by atoms with Crippen LogP contribution in [0.2, 0.25) is 0 Å². The predicted octanol–water partition coefficient (Wildman–Crippen LogP) is 12.8. The molecule has 3 aromatic rings. The number of benzene rings is 2. The van der Waals surface area contributed by atoms with Crippen molar-refractivity contribution in [1.82, 2.24) is 15.2 Å². The average molecular weight is 702 g/mol. The number of nitrogens with one attached hydrogen (secondary N) is 2. The molecule has 0 bridgehead atoms. The van der Waals surface area contributed by atoms with Crippen LogP contribution in [0.25, 0.3) is 21.8 Å². The van der Waals surface area contributed by atoms with Gasteiger partial charge in [0.1, 0.15) is 6.04 Å². The smallest absolute Gasteiger partial charge is 0.242 e. The summed E-state index contributed by atoms with van der Waals surface area (Å²) in [5, 5.41) is 8.83. The number of aromatic nitrogens is 1. The van der Waals surface area contributed by atoms with Crippen LogP contribution in [0, 0.1) is 5.92 Å². The molecular formula is C46H75N3O2. The van der Waals surface area contributed by atoms with Gasteiger partial charge < -0.3 is 15.2 Å². The van der Waals surface area contributed by atoms with Crippen molar-refractivity contribution < 1.29 is 9.59 Å². The van der Waals surface area contributed by atoms with Crippen molar-refractivity contribution in [2.45, 2.75) is 194 Å². The number of carbonyl (C=O) groups is 2. The van der Waals surface area contributed by atoms with Gasteiger partial charge in [-0.25, -0.2) is 0 Å². The van der Waals surface area contributed by atoms with E-state index in [0.29, 0.717) is 13.0 Å². The second kappa shape index (κ2) is 26.9. The molecule has 51 heavy (non-hydrogen) atoms. The van der Waals surface area contributed by atoms with Gasteiger partial charge in [0, 0.05) is 41.3 Å². The third-order valence-electron chi connectivity index (χ3n) is 10.8. The maximum absolute atomic E-state index is 12.9. The van der Waals surface area contributed by atoms with E-state index >= 15 is 0 Å². The van der Waals surface area contributed by atoms with E-state index in [1.165, 1.54) is 157 Å². The molecule has 2 aromatic carbocycles. The van der Waals surface area contributed by atoms with E-state index in [1.54, 1.807) is 0 Å². The largest absolute Gasteiger partial charge is 0.354 e. The number of amides is 2. The van der Waals surface area contributed by atoms with Gasteiger partial charge in [-0.15, -0.1) is 0 Å². The average Bonchev–Trinajstić information content (AvgIpc) is 3.45. The zero-order chi connectivity index (χ0) is 36.4. The van der Waals surface area contributed by atoms with E-state index in [4.69, 9.17) is 0 Å². The molecule has 0 saturated heterocycles. The maximum Gasteiger partial charge on any atom is 0.242 e. The molecule has 0 spiro atoms. The fraction of sp³-hybridized carbons (Fsp3) is 0.696. The Morgan fingerprint density at radius 3 is 1.43 bits per heavy atom. The van der Waals surface area contributed by atoms with Crippen LogP contribution < -0.4 is 10.6 Å². The number of hydrogen-bond acceptors (Lipinski definition) is 2. The van der Waals surface area contributed by atoms with Gasteiger partial charge in [-0.1, -0.05) is 192 Å². The lowest BCUT2D eigenvalue weighted by molar-refractivity contribution is -0.130. The van der Waals surface area contributed by atoms with E-state index in [1.807, 2.05) is 13.8 Å². The molecule has 5 nitrogen and oxygen atoms in total. The fourth-order valence-electron chi connectivity index (χ4n) is 7.64. The van der Waals surface area contributed by atoms with Gasteiger partial charge in [-0.05, 0) is 37.3 Å². The highest BCUT2D eigenvalue weighted by molar-refractivity contribution is 6.07. The van der Waals surface area contributed by atoms with Gasteiger partial charge in [-0.2, -0.15) is 0 Å². The quantitative estimate of drug-likeness (QED) is 0.0656. The zero-order valence-corrected chi connectivity index (χ0v) is 33.1. The maximum atomic E-state index is 12.9. The predicted molar refractivity (Wildman–Crippen MR) is 220 cm³/mol. The number of aryl methyl sites for hydroxylation is 1. The lowest BCUT2D eigenvalue weighted by atomic mass is 10.0. The SMILES string of the molecule is CCCCCCCCCCCCCCCCCCNC(=O)[C@@H](NC(=O)CCCCCCCCCCn1c2ccccc2c2ccccc21)C(C)C. The van der Waals surface area contributed by atoms with Crippen molar-refractivity contribution in [3.8, 4) is 0 Å². The number of fused-ring (bicyclic) bond motifs is 3. The minimum atomic E-state index is -0.443. The van der Waals surface area contributed by atoms with Crippen LogP contribution in [-0.4, -0.2) is 29.0 Å². The van der Waals surface area contributed by atoms with Crippen LogP contribution in [0.15, 0.2) is 48.5 Å². The highest BCUT2D eigenvalue weighted by atomic mass is 16.2. The van der Waals surface area contributed by atoms with Crippen molar-refractivity contribution >= 4 is 33.6 Å². The molecule has 0 saturated carbocycles. The van der Waals surface area contributed by atoms with Gasteiger partial charge in [0.2, 0.25) is 11.8 Å². The molecule has 1 aromatic heterocycles. The monoisotopic (exact) mass is 702 g/mol. The molecule has 5 heteroatoms. The van der Waals surface area contributed by atoms with Crippen molar-refractivity contribution in [2.75, 3.05) is 6.54 Å². The summed E-state index contributed by atoms with van der Waals surface area (Å²) in [7, 11) is 0. The Balaban J connectivity index is 1.12. The Labute approximate surface area is 312 Å². The lowest BCUT2D eigenvalue weighted by Gasteiger charge is -2.21. The molecule has 0 aliphatic rings. The first-order valence-corrected chi connectivity index (χ1v) is 21.6. The Bertz CT molecular complexity index is 1290. The summed E-state index contributed by atoms with van der Waals surface area (Å²) in [6.45, 7) is 8.09. The minimum absolute atomic E-state index is 0.0105. The topological polar surface area (TPSA) is 63.1 Å². The Morgan fingerprint density at radius 1 is 0.549 bits per heavy atom. The van der Waals surface area contributed by atoms with Gasteiger partial charge in [0.15, 0.2) is 0 Å². The number of unbranched alkanes of at least 4 members (excludes halogenated alkanes) is 22. The molecular weight excluding hydrogens is 627 g/mol. The van der Waals surface area contributed by atoms with Crippen LogP contribution in [0.1, 0.15) is 181 Å². The molecule has 2 amide bonds. The highest BCUT2D eigenvalue weighted by Gasteiger charge is 2.23. The van der Waals surface area contributed by atoms with E-state index in [2.05, 4.69) is 70.7 Å². The van der Waals surface area contributed by atoms with Gasteiger partial charge in [0.25, 0.3) is 0 Å². The number of hydrogen-bond donors (Lipinski definition) is 2. The summed E-state index contributed by atoms with van der Waals surface area (Å²) in [5.74, 6) is 0.0588. The Kier molecular flexibility index (Phi) is 22.4. The molecule has 3 rings (SSSR count). The first kappa shape index (κ1) is 42.6. The van der Waals surface area contributed by atoms with Crippen molar-refractivity contribution in [1.29, 1.82) is 0 Å². The molecule has 0 aliphatic heterocycles. The van der Waals surface area contributed by atoms with Crippen LogP contribution in [-0.2, 0) is 16.1 Å². The van der Waals surface area contributed by atoms with Crippen molar-refractivity contribution in [3.05, 3.63) is 48.5 Å². The van der Waals surface area contributed by atoms with Crippen LogP contribution >= 0.6 is 0 Å². The number of para-hydroxylation sites is 2. The molecule has 2 N–H and O–H groups in total. The summed E-state index contributed by atoms with van der Waals surface area (Å²) >= 11 is 0. The third-order valence-corrected chi connectivity index (χ3v) is 10.8. The first-order valence-electron chi connectivity index (χ1n) is 21.6. The number of carbonyl (C=O) groups excluding carboxylic acids is 2. The second-order valence-electron chi connectivity index (χ2n) is 15.6. The van der Waals surface area contributed by atoms with Crippen molar-refractivity contribution in [3.63, 3.8) is 0 Å². The summed E-state index contributed by atoms with van der Waals surface area (Å²) < 4.78 is 2.49. The van der Waals surface area contributed by atoms with E-state index < -0.39 is 6.04 Å². The molecule has 0 unspecified atom stereocenters. The highest BCUT2D eigenvalue weighted by Crippen LogP contribution is 2.29. The van der Waals surface area contributed by atoms with E-state index in [0.717, 1.165) is 25.8 Å². The van der Waals surface area contributed by atoms with E-state index in [9.17, 15) is 9.59 Å². The molecule has 0 radical (unpaired) electrons. The third kappa shape index (κ3) is 17.0. The molecule has 286 valence electrons. The van der Waals surface area contributed by atoms with Gasteiger partial charge in [0.05, 0.1) is 0 Å². The number of nitrogens with zero attached hydrogens (tertiary/aromatic N) is 1. The molecule has 0 fully saturated rings. The Morgan fingerprint density at radius 2 is 0.961 bits per heavy atom. The standard InChI is InChI=1S/C46H75N3O2/c1-4-5-6-7-8-9-10-11-12-13-14-15-17-20-23-30-37-47-46(51)45(39(2)3)48-44(50)36-25-22-19-16-18-21-24-31-38-49-42-34-28-26-32-40(42)41-33-27-29-35-43(41)49/h26-29,32-35,39,45H,4-25,30-31,36-38H2,1-3H3,(H,47,51)(H,48,50)/t45-/m0/s1. The fourth-order valence-corrected chi connectivity index (χ4v) is 7.64. The zero-order valence-electron chi connectivity index (χ0n) is 33.1.